The predicted molar refractivity (Wildman–Crippen MR) is 59.2 cm³/mol. The van der Waals surface area contributed by atoms with Gasteiger partial charge in [0, 0.05) is 13.2 Å². The first-order valence-corrected chi connectivity index (χ1v) is 5.47. The highest BCUT2D eigenvalue weighted by molar-refractivity contribution is 5.88. The Morgan fingerprint density at radius 1 is 1.69 bits per heavy atom. The van der Waals surface area contributed by atoms with E-state index >= 15 is 0 Å². The minimum Gasteiger partial charge on any atom is -0.409 e. The van der Waals surface area contributed by atoms with Crippen molar-refractivity contribution in [2.75, 3.05) is 19.7 Å². The molecule has 0 saturated carbocycles. The molecule has 6 nitrogen and oxygen atoms in total. The normalized spacial score (nSPS) is 25.8. The zero-order valence-electron chi connectivity index (χ0n) is 9.72. The maximum Gasteiger partial charge on any atom is 0.252 e. The maximum absolute atomic E-state index is 12.0. The number of amides is 1. The van der Waals surface area contributed by atoms with Crippen LogP contribution in [0.2, 0.25) is 0 Å². The molecule has 1 rings (SSSR count). The van der Waals surface area contributed by atoms with E-state index in [0.717, 1.165) is 6.42 Å². The summed E-state index contributed by atoms with van der Waals surface area (Å²) in [6.07, 6.45) is 0.517. The van der Waals surface area contributed by atoms with E-state index in [1.54, 1.807) is 0 Å². The van der Waals surface area contributed by atoms with Crippen LogP contribution in [-0.4, -0.2) is 47.7 Å². The van der Waals surface area contributed by atoms with Crippen molar-refractivity contribution in [3.63, 3.8) is 0 Å². The number of likely N-dealkylation sites (N-methyl/N-ethyl adjacent to an activating group) is 1. The molecular weight excluding hydrogens is 210 g/mol. The molecule has 3 N–H and O–H groups in total. The van der Waals surface area contributed by atoms with E-state index in [9.17, 15) is 4.79 Å². The lowest BCUT2D eigenvalue weighted by Gasteiger charge is -2.24. The lowest BCUT2D eigenvalue weighted by atomic mass is 10.0. The Balaban J connectivity index is 2.62. The van der Waals surface area contributed by atoms with Gasteiger partial charge in [0.15, 0.2) is 5.84 Å². The minimum absolute atomic E-state index is 0.0286. The molecule has 16 heavy (non-hydrogen) atoms. The third-order valence-corrected chi connectivity index (χ3v) is 2.81. The summed E-state index contributed by atoms with van der Waals surface area (Å²) in [5.41, 5.74) is 5.39. The number of nitrogens with zero attached hydrogens (tertiary/aromatic N) is 2. The van der Waals surface area contributed by atoms with Crippen LogP contribution in [0.1, 0.15) is 20.3 Å². The third kappa shape index (κ3) is 2.85. The Morgan fingerprint density at radius 2 is 2.38 bits per heavy atom. The van der Waals surface area contributed by atoms with E-state index in [1.165, 1.54) is 4.90 Å². The van der Waals surface area contributed by atoms with Crippen molar-refractivity contribution in [3.05, 3.63) is 0 Å². The molecular formula is C10H19N3O3. The monoisotopic (exact) mass is 229 g/mol. The standard InChI is InChI=1S/C10H19N3O3/c1-3-13(6-8(11)12-15)10(14)9-7(2)4-5-16-9/h7,9,15H,3-6H2,1-2H3,(H2,11,12). The number of ether oxygens (including phenoxy) is 1. The number of oxime groups is 1. The van der Waals surface area contributed by atoms with Gasteiger partial charge in [0.2, 0.25) is 0 Å². The molecule has 92 valence electrons. The van der Waals surface area contributed by atoms with Gasteiger partial charge in [0.1, 0.15) is 6.10 Å². The molecule has 2 unspecified atom stereocenters. The summed E-state index contributed by atoms with van der Waals surface area (Å²) in [6, 6.07) is 0. The van der Waals surface area contributed by atoms with E-state index in [1.807, 2.05) is 13.8 Å². The van der Waals surface area contributed by atoms with Gasteiger partial charge in [-0.15, -0.1) is 0 Å². The van der Waals surface area contributed by atoms with Gasteiger partial charge in [0.05, 0.1) is 6.54 Å². The second-order valence-corrected chi connectivity index (χ2v) is 4.00. The topological polar surface area (TPSA) is 88.1 Å². The molecule has 1 aliphatic heterocycles. The van der Waals surface area contributed by atoms with Crippen LogP contribution in [0.3, 0.4) is 0 Å². The highest BCUT2D eigenvalue weighted by Gasteiger charge is 2.33. The van der Waals surface area contributed by atoms with Crippen LogP contribution < -0.4 is 5.73 Å². The molecule has 0 radical (unpaired) electrons. The van der Waals surface area contributed by atoms with Crippen molar-refractivity contribution >= 4 is 11.7 Å². The highest BCUT2D eigenvalue weighted by Crippen LogP contribution is 2.21. The van der Waals surface area contributed by atoms with E-state index in [0.29, 0.717) is 13.2 Å². The smallest absolute Gasteiger partial charge is 0.252 e. The average molecular weight is 229 g/mol. The van der Waals surface area contributed by atoms with Crippen LogP contribution in [0, 0.1) is 5.92 Å². The lowest BCUT2D eigenvalue weighted by Crippen LogP contribution is -2.45. The Hall–Kier alpha value is -1.30. The van der Waals surface area contributed by atoms with Gasteiger partial charge in [-0.05, 0) is 19.3 Å². The number of amidine groups is 1. The van der Waals surface area contributed by atoms with Crippen molar-refractivity contribution in [1.82, 2.24) is 4.90 Å². The van der Waals surface area contributed by atoms with Gasteiger partial charge < -0.3 is 20.6 Å². The SMILES string of the molecule is CCN(CC(N)=NO)C(=O)C1OCCC1C. The number of rotatable bonds is 4. The molecule has 1 fully saturated rings. The van der Waals surface area contributed by atoms with Crippen LogP contribution in [0.15, 0.2) is 5.16 Å². The van der Waals surface area contributed by atoms with Gasteiger partial charge >= 0.3 is 0 Å². The van der Waals surface area contributed by atoms with Crippen molar-refractivity contribution in [3.8, 4) is 0 Å². The van der Waals surface area contributed by atoms with Crippen LogP contribution >= 0.6 is 0 Å². The summed E-state index contributed by atoms with van der Waals surface area (Å²) in [5.74, 6) is 0.175. The van der Waals surface area contributed by atoms with Crippen molar-refractivity contribution in [2.24, 2.45) is 16.8 Å². The zero-order valence-corrected chi connectivity index (χ0v) is 9.72. The maximum atomic E-state index is 12.0. The fourth-order valence-corrected chi connectivity index (χ4v) is 1.76. The van der Waals surface area contributed by atoms with E-state index < -0.39 is 0 Å². The van der Waals surface area contributed by atoms with Crippen molar-refractivity contribution in [2.45, 2.75) is 26.4 Å². The van der Waals surface area contributed by atoms with Crippen molar-refractivity contribution in [1.29, 1.82) is 0 Å². The first-order valence-electron chi connectivity index (χ1n) is 5.47. The van der Waals surface area contributed by atoms with Crippen molar-refractivity contribution < 1.29 is 14.7 Å². The first-order chi connectivity index (χ1) is 7.60. The molecule has 0 aromatic heterocycles. The summed E-state index contributed by atoms with van der Waals surface area (Å²) < 4.78 is 5.39. The number of hydrogen-bond donors (Lipinski definition) is 2. The van der Waals surface area contributed by atoms with Crippen LogP contribution in [0.25, 0.3) is 0 Å². The Morgan fingerprint density at radius 3 is 2.81 bits per heavy atom. The Labute approximate surface area is 95.0 Å². The summed E-state index contributed by atoms with van der Waals surface area (Å²) in [5, 5.41) is 11.3. The van der Waals surface area contributed by atoms with Crippen LogP contribution in [-0.2, 0) is 9.53 Å². The molecule has 1 saturated heterocycles. The average Bonchev–Trinajstić information content (AvgIpc) is 2.71. The molecule has 1 amide bonds. The summed E-state index contributed by atoms with van der Waals surface area (Å²) >= 11 is 0. The summed E-state index contributed by atoms with van der Waals surface area (Å²) in [6.45, 7) is 5.12. The molecule has 6 heteroatoms. The summed E-state index contributed by atoms with van der Waals surface area (Å²) in [4.78, 5) is 13.6. The van der Waals surface area contributed by atoms with Gasteiger partial charge in [-0.25, -0.2) is 0 Å². The number of carbonyl (C=O) groups is 1. The highest BCUT2D eigenvalue weighted by atomic mass is 16.5. The zero-order chi connectivity index (χ0) is 12.1. The van der Waals surface area contributed by atoms with Gasteiger partial charge in [-0.2, -0.15) is 0 Å². The second kappa shape index (κ2) is 5.69. The quantitative estimate of drug-likeness (QED) is 0.307. The second-order valence-electron chi connectivity index (χ2n) is 4.00. The van der Waals surface area contributed by atoms with Gasteiger partial charge in [-0.3, -0.25) is 4.79 Å². The summed E-state index contributed by atoms with van der Waals surface area (Å²) in [7, 11) is 0. The molecule has 1 aliphatic rings. The molecule has 0 aromatic rings. The number of carbonyl (C=O) groups excluding carboxylic acids is 1. The molecule has 1 heterocycles. The molecule has 0 spiro atoms. The fourth-order valence-electron chi connectivity index (χ4n) is 1.76. The predicted octanol–water partition coefficient (Wildman–Crippen LogP) is 0.00630. The van der Waals surface area contributed by atoms with E-state index in [-0.39, 0.29) is 30.3 Å². The Bertz CT molecular complexity index is 280. The first kappa shape index (κ1) is 12.8. The number of nitrogens with two attached hydrogens (primary N) is 1. The molecule has 2 atom stereocenters. The molecule has 0 aromatic carbocycles. The minimum atomic E-state index is -0.383. The van der Waals surface area contributed by atoms with Gasteiger partial charge in [0.25, 0.3) is 5.91 Å². The van der Waals surface area contributed by atoms with E-state index in [4.69, 9.17) is 15.7 Å². The fraction of sp³-hybridized carbons (Fsp3) is 0.800. The lowest BCUT2D eigenvalue weighted by molar-refractivity contribution is -0.141. The Kier molecular flexibility index (Phi) is 4.54. The largest absolute Gasteiger partial charge is 0.409 e. The molecule has 0 bridgehead atoms. The van der Waals surface area contributed by atoms with E-state index in [2.05, 4.69) is 5.16 Å². The third-order valence-electron chi connectivity index (χ3n) is 2.81. The van der Waals surface area contributed by atoms with Gasteiger partial charge in [-0.1, -0.05) is 12.1 Å². The van der Waals surface area contributed by atoms with Crippen LogP contribution in [0.4, 0.5) is 0 Å². The van der Waals surface area contributed by atoms with Crippen LogP contribution in [0.5, 0.6) is 0 Å². The molecule has 0 aliphatic carbocycles. The number of hydrogen-bond acceptors (Lipinski definition) is 4.